The minimum atomic E-state index is -4.18. The van der Waals surface area contributed by atoms with Gasteiger partial charge in [-0.2, -0.15) is 13.8 Å². The monoisotopic (exact) mass is 285 g/mol. The number of rotatable bonds is 8. The lowest BCUT2D eigenvalue weighted by molar-refractivity contribution is -0.168. The molecule has 0 aliphatic carbocycles. The quantitative estimate of drug-likeness (QED) is 0.735. The highest BCUT2D eigenvalue weighted by Crippen LogP contribution is 2.23. The molecule has 0 aliphatic rings. The summed E-state index contributed by atoms with van der Waals surface area (Å²) in [7, 11) is 0. The molecule has 1 unspecified atom stereocenters. The Morgan fingerprint density at radius 3 is 2.68 bits per heavy atom. The highest BCUT2D eigenvalue weighted by atomic mass is 19.3. The van der Waals surface area contributed by atoms with E-state index < -0.39 is 25.6 Å². The SMILES string of the molecule is CC(CN)Cc1nc(COCC(F)(F)C(F)F)no1. The maximum Gasteiger partial charge on any atom is 0.330 e. The summed E-state index contributed by atoms with van der Waals surface area (Å²) in [5, 5.41) is 3.48. The molecule has 19 heavy (non-hydrogen) atoms. The molecule has 1 rings (SSSR count). The van der Waals surface area contributed by atoms with Gasteiger partial charge in [-0.1, -0.05) is 12.1 Å². The molecule has 0 saturated carbocycles. The number of alkyl halides is 4. The van der Waals surface area contributed by atoms with Crippen LogP contribution in [0.4, 0.5) is 17.6 Å². The van der Waals surface area contributed by atoms with Gasteiger partial charge in [0.1, 0.15) is 13.2 Å². The van der Waals surface area contributed by atoms with Crippen molar-refractivity contribution < 1.29 is 26.8 Å². The maximum atomic E-state index is 12.5. The molecular weight excluding hydrogens is 270 g/mol. The van der Waals surface area contributed by atoms with E-state index in [0.29, 0.717) is 18.9 Å². The van der Waals surface area contributed by atoms with Crippen LogP contribution < -0.4 is 5.73 Å². The second-order valence-electron chi connectivity index (χ2n) is 4.20. The largest absolute Gasteiger partial charge is 0.367 e. The molecule has 0 amide bonds. The smallest absolute Gasteiger partial charge is 0.330 e. The van der Waals surface area contributed by atoms with Gasteiger partial charge in [-0.05, 0) is 12.5 Å². The molecule has 0 fully saturated rings. The molecule has 110 valence electrons. The Bertz CT molecular complexity index is 387. The minimum absolute atomic E-state index is 0.0317. The lowest BCUT2D eigenvalue weighted by atomic mass is 10.1. The van der Waals surface area contributed by atoms with Gasteiger partial charge in [-0.25, -0.2) is 8.78 Å². The number of nitrogens with two attached hydrogens (primary N) is 1. The average molecular weight is 285 g/mol. The van der Waals surface area contributed by atoms with E-state index in [1.807, 2.05) is 6.92 Å². The second kappa shape index (κ2) is 6.80. The molecule has 1 heterocycles. The van der Waals surface area contributed by atoms with Crippen molar-refractivity contribution in [3.05, 3.63) is 11.7 Å². The molecule has 2 N–H and O–H groups in total. The van der Waals surface area contributed by atoms with Crippen LogP contribution in [0.1, 0.15) is 18.6 Å². The standard InChI is InChI=1S/C10H15F4N3O2/c1-6(3-15)2-8-16-7(17-19-8)4-18-5-10(13,14)9(11)12/h6,9H,2-5,15H2,1H3. The van der Waals surface area contributed by atoms with Crippen LogP contribution in [0.2, 0.25) is 0 Å². The molecule has 1 aromatic rings. The number of ether oxygens (including phenoxy) is 1. The van der Waals surface area contributed by atoms with Crippen LogP contribution in [0.3, 0.4) is 0 Å². The fourth-order valence-corrected chi connectivity index (χ4v) is 1.15. The van der Waals surface area contributed by atoms with E-state index in [9.17, 15) is 17.6 Å². The number of nitrogens with zero attached hydrogens (tertiary/aromatic N) is 2. The minimum Gasteiger partial charge on any atom is -0.367 e. The van der Waals surface area contributed by atoms with E-state index in [2.05, 4.69) is 14.9 Å². The summed E-state index contributed by atoms with van der Waals surface area (Å²) in [4.78, 5) is 3.87. The third kappa shape index (κ3) is 5.11. The predicted octanol–water partition coefficient (Wildman–Crippen LogP) is 1.62. The van der Waals surface area contributed by atoms with Crippen molar-refractivity contribution in [2.45, 2.75) is 32.3 Å². The molecule has 0 aromatic carbocycles. The molecular formula is C10H15F4N3O2. The van der Waals surface area contributed by atoms with Crippen molar-refractivity contribution in [1.82, 2.24) is 10.1 Å². The van der Waals surface area contributed by atoms with Crippen molar-refractivity contribution >= 4 is 0 Å². The summed E-state index contributed by atoms with van der Waals surface area (Å²) in [6, 6.07) is 0. The van der Waals surface area contributed by atoms with Crippen LogP contribution in [0.15, 0.2) is 4.52 Å². The van der Waals surface area contributed by atoms with Gasteiger partial charge in [0.15, 0.2) is 5.82 Å². The zero-order valence-corrected chi connectivity index (χ0v) is 10.3. The molecule has 0 bridgehead atoms. The highest BCUT2D eigenvalue weighted by Gasteiger charge is 2.41. The summed E-state index contributed by atoms with van der Waals surface area (Å²) < 4.78 is 58.0. The van der Waals surface area contributed by atoms with Crippen molar-refractivity contribution in [3.8, 4) is 0 Å². The molecule has 0 saturated heterocycles. The summed E-state index contributed by atoms with van der Waals surface area (Å²) in [5.41, 5.74) is 5.41. The van der Waals surface area contributed by atoms with Crippen LogP contribution >= 0.6 is 0 Å². The third-order valence-electron chi connectivity index (χ3n) is 2.28. The van der Waals surface area contributed by atoms with Crippen LogP contribution in [0.25, 0.3) is 0 Å². The van der Waals surface area contributed by atoms with Gasteiger partial charge in [-0.3, -0.25) is 0 Å². The van der Waals surface area contributed by atoms with E-state index in [-0.39, 0.29) is 11.7 Å². The fraction of sp³-hybridized carbons (Fsp3) is 0.800. The van der Waals surface area contributed by atoms with Crippen LogP contribution in [-0.4, -0.2) is 35.6 Å². The molecule has 0 aliphatic heterocycles. The highest BCUT2D eigenvalue weighted by molar-refractivity contribution is 4.86. The van der Waals surface area contributed by atoms with E-state index in [1.165, 1.54) is 0 Å². The zero-order chi connectivity index (χ0) is 14.5. The average Bonchev–Trinajstić information content (AvgIpc) is 2.76. The topological polar surface area (TPSA) is 74.2 Å². The van der Waals surface area contributed by atoms with Gasteiger partial charge in [0.2, 0.25) is 5.89 Å². The number of hydrogen-bond donors (Lipinski definition) is 1. The summed E-state index contributed by atoms with van der Waals surface area (Å²) >= 11 is 0. The molecule has 1 atom stereocenters. The van der Waals surface area contributed by atoms with Gasteiger partial charge in [0, 0.05) is 6.42 Å². The normalized spacial score (nSPS) is 14.1. The molecule has 9 heteroatoms. The van der Waals surface area contributed by atoms with Crippen molar-refractivity contribution in [2.75, 3.05) is 13.2 Å². The van der Waals surface area contributed by atoms with E-state index in [4.69, 9.17) is 10.3 Å². The molecule has 1 aromatic heterocycles. The van der Waals surface area contributed by atoms with Gasteiger partial charge < -0.3 is 15.0 Å². The van der Waals surface area contributed by atoms with E-state index in [1.54, 1.807) is 0 Å². The molecule has 0 radical (unpaired) electrons. The number of halogens is 4. The maximum absolute atomic E-state index is 12.5. The van der Waals surface area contributed by atoms with Crippen molar-refractivity contribution in [1.29, 1.82) is 0 Å². The van der Waals surface area contributed by atoms with Gasteiger partial charge >= 0.3 is 12.3 Å². The van der Waals surface area contributed by atoms with E-state index in [0.717, 1.165) is 0 Å². The molecule has 5 nitrogen and oxygen atoms in total. The third-order valence-corrected chi connectivity index (χ3v) is 2.28. The fourth-order valence-electron chi connectivity index (χ4n) is 1.15. The Balaban J connectivity index is 2.38. The molecule has 0 spiro atoms. The van der Waals surface area contributed by atoms with Gasteiger partial charge in [-0.15, -0.1) is 0 Å². The Morgan fingerprint density at radius 1 is 1.42 bits per heavy atom. The first kappa shape index (κ1) is 15.8. The Kier molecular flexibility index (Phi) is 5.67. The predicted molar refractivity (Wildman–Crippen MR) is 56.8 cm³/mol. The van der Waals surface area contributed by atoms with Gasteiger partial charge in [0.05, 0.1) is 0 Å². The lowest BCUT2D eigenvalue weighted by Crippen LogP contribution is -2.32. The lowest BCUT2D eigenvalue weighted by Gasteiger charge is -2.14. The first-order chi connectivity index (χ1) is 8.85. The van der Waals surface area contributed by atoms with Crippen LogP contribution in [0.5, 0.6) is 0 Å². The Hall–Kier alpha value is -1.22. The van der Waals surface area contributed by atoms with Gasteiger partial charge in [0.25, 0.3) is 0 Å². The zero-order valence-electron chi connectivity index (χ0n) is 10.3. The Labute approximate surface area is 107 Å². The first-order valence-electron chi connectivity index (χ1n) is 5.60. The summed E-state index contributed by atoms with van der Waals surface area (Å²) in [6.45, 7) is 0.509. The number of hydrogen-bond acceptors (Lipinski definition) is 5. The summed E-state index contributed by atoms with van der Waals surface area (Å²) in [5.74, 6) is -3.71. The van der Waals surface area contributed by atoms with Crippen molar-refractivity contribution in [3.63, 3.8) is 0 Å². The first-order valence-corrected chi connectivity index (χ1v) is 5.60. The second-order valence-corrected chi connectivity index (χ2v) is 4.20. The van der Waals surface area contributed by atoms with Crippen molar-refractivity contribution in [2.24, 2.45) is 11.7 Å². The summed E-state index contributed by atoms with van der Waals surface area (Å²) in [6.07, 6.45) is -3.31. The van der Waals surface area contributed by atoms with Crippen LogP contribution in [-0.2, 0) is 17.8 Å². The Morgan fingerprint density at radius 2 is 2.11 bits per heavy atom. The van der Waals surface area contributed by atoms with E-state index >= 15 is 0 Å². The van der Waals surface area contributed by atoms with Crippen LogP contribution in [0, 0.1) is 5.92 Å². The number of aromatic nitrogens is 2.